The fourth-order valence-electron chi connectivity index (χ4n) is 2.70. The van der Waals surface area contributed by atoms with Crippen LogP contribution in [-0.2, 0) is 18.3 Å². The highest BCUT2D eigenvalue weighted by Gasteiger charge is 2.53. The zero-order valence-electron chi connectivity index (χ0n) is 14.3. The standard InChI is InChI=1S/C16H28N4O2/c1-15(2,3)16(6-7-16)18-14(21)20(8-9-22-5)12-13-10-17-19(4)11-13/h10-11H,6-9,12H2,1-5H3,(H,18,21). The number of hydrogen-bond donors (Lipinski definition) is 1. The Morgan fingerprint density at radius 2 is 2.18 bits per heavy atom. The van der Waals surface area contributed by atoms with Crippen molar-refractivity contribution in [2.45, 2.75) is 45.7 Å². The van der Waals surface area contributed by atoms with Crippen molar-refractivity contribution in [3.63, 3.8) is 0 Å². The van der Waals surface area contributed by atoms with Crippen LogP contribution in [0.3, 0.4) is 0 Å². The summed E-state index contributed by atoms with van der Waals surface area (Å²) in [5, 5.41) is 7.41. The maximum absolute atomic E-state index is 12.7. The summed E-state index contributed by atoms with van der Waals surface area (Å²) >= 11 is 0. The van der Waals surface area contributed by atoms with Crippen LogP contribution in [0.25, 0.3) is 0 Å². The fraction of sp³-hybridized carbons (Fsp3) is 0.750. The first kappa shape index (κ1) is 16.8. The second kappa shape index (κ2) is 6.28. The highest BCUT2D eigenvalue weighted by Crippen LogP contribution is 2.49. The van der Waals surface area contributed by atoms with E-state index in [0.29, 0.717) is 19.7 Å². The summed E-state index contributed by atoms with van der Waals surface area (Å²) in [7, 11) is 3.53. The largest absolute Gasteiger partial charge is 0.383 e. The Morgan fingerprint density at radius 3 is 2.64 bits per heavy atom. The topological polar surface area (TPSA) is 59.4 Å². The molecule has 0 unspecified atom stereocenters. The van der Waals surface area contributed by atoms with E-state index in [1.54, 1.807) is 22.9 Å². The molecule has 0 spiro atoms. The molecule has 6 nitrogen and oxygen atoms in total. The van der Waals surface area contributed by atoms with E-state index in [4.69, 9.17) is 4.74 Å². The lowest BCUT2D eigenvalue weighted by Crippen LogP contribution is -2.51. The minimum absolute atomic E-state index is 0.0201. The van der Waals surface area contributed by atoms with Crippen molar-refractivity contribution in [2.75, 3.05) is 20.3 Å². The first-order chi connectivity index (χ1) is 10.3. The molecule has 22 heavy (non-hydrogen) atoms. The smallest absolute Gasteiger partial charge is 0.318 e. The lowest BCUT2D eigenvalue weighted by atomic mass is 9.84. The summed E-state index contributed by atoms with van der Waals surface area (Å²) in [5.41, 5.74) is 1.03. The molecule has 1 N–H and O–H groups in total. The molecule has 1 aromatic rings. The van der Waals surface area contributed by atoms with E-state index in [-0.39, 0.29) is 17.0 Å². The lowest BCUT2D eigenvalue weighted by molar-refractivity contribution is 0.137. The van der Waals surface area contributed by atoms with Crippen molar-refractivity contribution in [3.05, 3.63) is 18.0 Å². The Balaban J connectivity index is 2.03. The first-order valence-electron chi connectivity index (χ1n) is 7.81. The predicted octanol–water partition coefficient (Wildman–Crippen LogP) is 2.16. The molecule has 0 aliphatic heterocycles. The van der Waals surface area contributed by atoms with Crippen LogP contribution in [0.4, 0.5) is 4.79 Å². The number of nitrogens with zero attached hydrogens (tertiary/aromatic N) is 3. The Labute approximate surface area is 132 Å². The Bertz CT molecular complexity index is 514. The molecule has 1 fully saturated rings. The number of ether oxygens (including phenoxy) is 1. The molecule has 1 aromatic heterocycles. The van der Waals surface area contributed by atoms with Crippen molar-refractivity contribution >= 4 is 6.03 Å². The summed E-state index contributed by atoms with van der Waals surface area (Å²) in [6.45, 7) is 8.18. The Morgan fingerprint density at radius 1 is 1.50 bits per heavy atom. The number of carbonyl (C=O) groups is 1. The van der Waals surface area contributed by atoms with Crippen molar-refractivity contribution in [1.29, 1.82) is 0 Å². The quantitative estimate of drug-likeness (QED) is 0.876. The highest BCUT2D eigenvalue weighted by atomic mass is 16.5. The summed E-state index contributed by atoms with van der Waals surface area (Å²) in [5.74, 6) is 0. The zero-order chi connectivity index (χ0) is 16.4. The monoisotopic (exact) mass is 308 g/mol. The van der Waals surface area contributed by atoms with Gasteiger partial charge in [0.2, 0.25) is 0 Å². The van der Waals surface area contributed by atoms with Crippen LogP contribution in [0.1, 0.15) is 39.2 Å². The van der Waals surface area contributed by atoms with Crippen LogP contribution >= 0.6 is 0 Å². The molecule has 1 aliphatic carbocycles. The Hall–Kier alpha value is -1.56. The van der Waals surface area contributed by atoms with Gasteiger partial charge in [0.15, 0.2) is 0 Å². The van der Waals surface area contributed by atoms with Crippen LogP contribution in [0.15, 0.2) is 12.4 Å². The van der Waals surface area contributed by atoms with Gasteiger partial charge < -0.3 is 15.0 Å². The van der Waals surface area contributed by atoms with Crippen molar-refractivity contribution in [2.24, 2.45) is 12.5 Å². The summed E-state index contributed by atoms with van der Waals surface area (Å²) in [6.07, 6.45) is 5.83. The molecule has 6 heteroatoms. The van der Waals surface area contributed by atoms with Gasteiger partial charge in [-0.2, -0.15) is 5.10 Å². The lowest BCUT2D eigenvalue weighted by Gasteiger charge is -2.34. The third kappa shape index (κ3) is 3.80. The number of aromatic nitrogens is 2. The van der Waals surface area contributed by atoms with E-state index in [2.05, 4.69) is 31.2 Å². The third-order valence-electron chi connectivity index (χ3n) is 4.52. The van der Waals surface area contributed by atoms with Crippen LogP contribution in [0.5, 0.6) is 0 Å². The number of amides is 2. The number of aryl methyl sites for hydroxylation is 1. The highest BCUT2D eigenvalue weighted by molar-refractivity contribution is 5.75. The second-order valence-corrected chi connectivity index (χ2v) is 7.20. The van der Waals surface area contributed by atoms with Crippen molar-refractivity contribution in [1.82, 2.24) is 20.0 Å². The zero-order valence-corrected chi connectivity index (χ0v) is 14.3. The molecular weight excluding hydrogens is 280 g/mol. The number of nitrogens with one attached hydrogen (secondary N) is 1. The van der Waals surface area contributed by atoms with Crippen LogP contribution in [0.2, 0.25) is 0 Å². The summed E-state index contributed by atoms with van der Waals surface area (Å²) in [6, 6.07) is -0.0201. The normalized spacial score (nSPS) is 16.4. The van der Waals surface area contributed by atoms with E-state index >= 15 is 0 Å². The molecule has 0 atom stereocenters. The van der Waals surface area contributed by atoms with Crippen LogP contribution in [-0.4, -0.2) is 46.5 Å². The maximum Gasteiger partial charge on any atom is 0.318 e. The van der Waals surface area contributed by atoms with Crippen molar-refractivity contribution in [3.8, 4) is 0 Å². The molecule has 1 heterocycles. The number of hydrogen-bond acceptors (Lipinski definition) is 3. The molecule has 0 bridgehead atoms. The maximum atomic E-state index is 12.7. The van der Waals surface area contributed by atoms with E-state index < -0.39 is 0 Å². The number of carbonyl (C=O) groups excluding carboxylic acids is 1. The van der Waals surface area contributed by atoms with Gasteiger partial charge in [0.05, 0.1) is 19.3 Å². The van der Waals surface area contributed by atoms with Gasteiger partial charge >= 0.3 is 6.03 Å². The van der Waals surface area contributed by atoms with Gasteiger partial charge in [0.25, 0.3) is 0 Å². The number of rotatable bonds is 6. The molecule has 0 radical (unpaired) electrons. The SMILES string of the molecule is COCCN(Cc1cnn(C)c1)C(=O)NC1(C(C)(C)C)CC1. The summed E-state index contributed by atoms with van der Waals surface area (Å²) in [4.78, 5) is 14.5. The predicted molar refractivity (Wildman–Crippen MR) is 85.4 cm³/mol. The molecular formula is C16H28N4O2. The fourth-order valence-corrected chi connectivity index (χ4v) is 2.70. The average molecular weight is 308 g/mol. The molecule has 0 aromatic carbocycles. The van der Waals surface area contributed by atoms with Gasteiger partial charge in [-0.25, -0.2) is 4.79 Å². The van der Waals surface area contributed by atoms with Gasteiger partial charge in [0, 0.05) is 38.0 Å². The van der Waals surface area contributed by atoms with Crippen molar-refractivity contribution < 1.29 is 9.53 Å². The van der Waals surface area contributed by atoms with E-state index in [9.17, 15) is 4.79 Å². The molecule has 124 valence electrons. The van der Waals surface area contributed by atoms with Gasteiger partial charge in [-0.3, -0.25) is 4.68 Å². The van der Waals surface area contributed by atoms with E-state index in [1.165, 1.54) is 0 Å². The Kier molecular flexibility index (Phi) is 4.80. The van der Waals surface area contributed by atoms with E-state index in [0.717, 1.165) is 18.4 Å². The molecule has 2 rings (SSSR count). The van der Waals surface area contributed by atoms with E-state index in [1.807, 2.05) is 13.2 Å². The molecule has 2 amide bonds. The minimum atomic E-state index is -0.0651. The molecule has 1 aliphatic rings. The van der Waals surface area contributed by atoms with Gasteiger partial charge in [0.1, 0.15) is 0 Å². The first-order valence-corrected chi connectivity index (χ1v) is 7.81. The van der Waals surface area contributed by atoms with Gasteiger partial charge in [-0.1, -0.05) is 20.8 Å². The van der Waals surface area contributed by atoms with Crippen LogP contribution < -0.4 is 5.32 Å². The average Bonchev–Trinajstić information content (AvgIpc) is 3.10. The minimum Gasteiger partial charge on any atom is -0.383 e. The third-order valence-corrected chi connectivity index (χ3v) is 4.52. The van der Waals surface area contributed by atoms with Gasteiger partial charge in [-0.15, -0.1) is 0 Å². The number of methoxy groups -OCH3 is 1. The van der Waals surface area contributed by atoms with Gasteiger partial charge in [-0.05, 0) is 18.3 Å². The molecule has 1 saturated carbocycles. The number of urea groups is 1. The molecule has 0 saturated heterocycles. The van der Waals surface area contributed by atoms with Crippen LogP contribution in [0, 0.1) is 5.41 Å². The summed E-state index contributed by atoms with van der Waals surface area (Å²) < 4.78 is 6.89. The second-order valence-electron chi connectivity index (χ2n) is 7.20.